The lowest BCUT2D eigenvalue weighted by Crippen LogP contribution is -2.22. The first kappa shape index (κ1) is 11.3. The maximum atomic E-state index is 5.96. The number of nitrogens with two attached hydrogens (primary N) is 1. The van der Waals surface area contributed by atoms with E-state index >= 15 is 0 Å². The molecule has 1 heterocycles. The summed E-state index contributed by atoms with van der Waals surface area (Å²) in [4.78, 5) is 2.48. The molecule has 16 heavy (non-hydrogen) atoms. The second-order valence-electron chi connectivity index (χ2n) is 5.23. The molecule has 0 bridgehead atoms. The third kappa shape index (κ3) is 2.01. The smallest absolute Gasteiger partial charge is 0.0416 e. The fourth-order valence-corrected chi connectivity index (χ4v) is 2.53. The topological polar surface area (TPSA) is 29.3 Å². The highest BCUT2D eigenvalue weighted by Crippen LogP contribution is 2.31. The van der Waals surface area contributed by atoms with Gasteiger partial charge in [-0.3, -0.25) is 0 Å². The molecule has 1 atom stereocenters. The van der Waals surface area contributed by atoms with Gasteiger partial charge in [0, 0.05) is 24.5 Å². The first-order valence-electron chi connectivity index (χ1n) is 6.19. The van der Waals surface area contributed by atoms with Crippen LogP contribution in [0.15, 0.2) is 18.2 Å². The Balaban J connectivity index is 2.17. The van der Waals surface area contributed by atoms with E-state index in [-0.39, 0.29) is 0 Å². The van der Waals surface area contributed by atoms with Crippen molar-refractivity contribution in [1.29, 1.82) is 0 Å². The SMILES string of the molecule is Cc1c(N)cccc1N1CCC(C(C)C)C1. The van der Waals surface area contributed by atoms with Gasteiger partial charge in [-0.2, -0.15) is 0 Å². The minimum Gasteiger partial charge on any atom is -0.398 e. The molecule has 1 aromatic carbocycles. The molecule has 2 N–H and O–H groups in total. The molecule has 0 spiro atoms. The zero-order valence-electron chi connectivity index (χ0n) is 10.5. The minimum absolute atomic E-state index is 0.784. The Morgan fingerprint density at radius 3 is 2.75 bits per heavy atom. The molecule has 1 aliphatic heterocycles. The van der Waals surface area contributed by atoms with Gasteiger partial charge in [0.05, 0.1) is 0 Å². The van der Waals surface area contributed by atoms with Gasteiger partial charge in [0.2, 0.25) is 0 Å². The second-order valence-corrected chi connectivity index (χ2v) is 5.23. The van der Waals surface area contributed by atoms with Gasteiger partial charge in [-0.1, -0.05) is 19.9 Å². The summed E-state index contributed by atoms with van der Waals surface area (Å²) in [7, 11) is 0. The van der Waals surface area contributed by atoms with Crippen LogP contribution in [0, 0.1) is 18.8 Å². The van der Waals surface area contributed by atoms with Gasteiger partial charge < -0.3 is 10.6 Å². The Kier molecular flexibility index (Phi) is 3.08. The van der Waals surface area contributed by atoms with Crippen molar-refractivity contribution in [2.45, 2.75) is 27.2 Å². The molecular formula is C14H22N2. The Hall–Kier alpha value is -1.18. The molecule has 0 aliphatic carbocycles. The Labute approximate surface area is 98.4 Å². The molecule has 88 valence electrons. The highest BCUT2D eigenvalue weighted by molar-refractivity contribution is 5.64. The predicted molar refractivity (Wildman–Crippen MR) is 70.7 cm³/mol. The quantitative estimate of drug-likeness (QED) is 0.773. The Morgan fingerprint density at radius 1 is 1.38 bits per heavy atom. The van der Waals surface area contributed by atoms with Gasteiger partial charge >= 0.3 is 0 Å². The van der Waals surface area contributed by atoms with Crippen LogP contribution in [0.5, 0.6) is 0 Å². The number of hydrogen-bond acceptors (Lipinski definition) is 2. The van der Waals surface area contributed by atoms with Crippen molar-refractivity contribution in [1.82, 2.24) is 0 Å². The van der Waals surface area contributed by atoms with Crippen LogP contribution >= 0.6 is 0 Å². The van der Waals surface area contributed by atoms with Gasteiger partial charge in [0.1, 0.15) is 0 Å². The summed E-state index contributed by atoms with van der Waals surface area (Å²) in [6.07, 6.45) is 1.31. The van der Waals surface area contributed by atoms with Crippen molar-refractivity contribution >= 4 is 11.4 Å². The summed E-state index contributed by atoms with van der Waals surface area (Å²) in [5, 5.41) is 0. The highest BCUT2D eigenvalue weighted by Gasteiger charge is 2.25. The standard InChI is InChI=1S/C14H22N2/c1-10(2)12-7-8-16(9-12)14-6-4-5-13(15)11(14)3/h4-6,10,12H,7-9,15H2,1-3H3. The van der Waals surface area contributed by atoms with Gasteiger partial charge in [0.25, 0.3) is 0 Å². The fraction of sp³-hybridized carbons (Fsp3) is 0.571. The van der Waals surface area contributed by atoms with E-state index in [2.05, 4.69) is 37.8 Å². The van der Waals surface area contributed by atoms with E-state index < -0.39 is 0 Å². The maximum Gasteiger partial charge on any atom is 0.0416 e. The number of nitrogens with zero attached hydrogens (tertiary/aromatic N) is 1. The molecule has 0 amide bonds. The molecular weight excluding hydrogens is 196 g/mol. The monoisotopic (exact) mass is 218 g/mol. The van der Waals surface area contributed by atoms with E-state index in [9.17, 15) is 0 Å². The fourth-order valence-electron chi connectivity index (χ4n) is 2.53. The molecule has 2 rings (SSSR count). The number of rotatable bonds is 2. The number of hydrogen-bond donors (Lipinski definition) is 1. The van der Waals surface area contributed by atoms with Crippen LogP contribution in [0.4, 0.5) is 11.4 Å². The Bertz CT molecular complexity index is 371. The van der Waals surface area contributed by atoms with Gasteiger partial charge in [-0.15, -0.1) is 0 Å². The summed E-state index contributed by atoms with van der Waals surface area (Å²) in [5.74, 6) is 1.62. The van der Waals surface area contributed by atoms with E-state index in [4.69, 9.17) is 5.73 Å². The summed E-state index contributed by atoms with van der Waals surface area (Å²) in [6.45, 7) is 9.11. The first-order chi connectivity index (χ1) is 7.59. The largest absolute Gasteiger partial charge is 0.398 e. The zero-order valence-corrected chi connectivity index (χ0v) is 10.5. The van der Waals surface area contributed by atoms with Crippen LogP contribution < -0.4 is 10.6 Å². The lowest BCUT2D eigenvalue weighted by molar-refractivity contribution is 0.423. The molecule has 0 radical (unpaired) electrons. The summed E-state index contributed by atoms with van der Waals surface area (Å²) in [5.41, 5.74) is 9.41. The average Bonchev–Trinajstić information content (AvgIpc) is 2.71. The normalized spacial score (nSPS) is 20.8. The third-order valence-electron chi connectivity index (χ3n) is 3.86. The summed E-state index contributed by atoms with van der Waals surface area (Å²) < 4.78 is 0. The molecule has 1 aromatic rings. The van der Waals surface area contributed by atoms with Gasteiger partial charge in [-0.25, -0.2) is 0 Å². The van der Waals surface area contributed by atoms with Crippen molar-refractivity contribution in [2.24, 2.45) is 11.8 Å². The zero-order chi connectivity index (χ0) is 11.7. The predicted octanol–water partition coefficient (Wildman–Crippen LogP) is 3.06. The Morgan fingerprint density at radius 2 is 2.12 bits per heavy atom. The third-order valence-corrected chi connectivity index (χ3v) is 3.86. The van der Waals surface area contributed by atoms with E-state index in [0.29, 0.717) is 0 Å². The van der Waals surface area contributed by atoms with Gasteiger partial charge in [-0.05, 0) is 42.9 Å². The van der Waals surface area contributed by atoms with Crippen LogP contribution in [-0.2, 0) is 0 Å². The molecule has 0 saturated carbocycles. The van der Waals surface area contributed by atoms with E-state index in [0.717, 1.165) is 17.5 Å². The van der Waals surface area contributed by atoms with Crippen LogP contribution in [0.25, 0.3) is 0 Å². The molecule has 1 unspecified atom stereocenters. The van der Waals surface area contributed by atoms with Crippen LogP contribution in [0.3, 0.4) is 0 Å². The van der Waals surface area contributed by atoms with E-state index in [1.807, 2.05) is 6.07 Å². The van der Waals surface area contributed by atoms with Crippen molar-refractivity contribution in [3.05, 3.63) is 23.8 Å². The van der Waals surface area contributed by atoms with Gasteiger partial charge in [0.15, 0.2) is 0 Å². The highest BCUT2D eigenvalue weighted by atomic mass is 15.2. The van der Waals surface area contributed by atoms with Crippen LogP contribution in [-0.4, -0.2) is 13.1 Å². The average molecular weight is 218 g/mol. The second kappa shape index (κ2) is 4.36. The first-order valence-corrected chi connectivity index (χ1v) is 6.19. The molecule has 1 fully saturated rings. The number of nitrogen functional groups attached to an aromatic ring is 1. The molecule has 1 aliphatic rings. The van der Waals surface area contributed by atoms with Crippen molar-refractivity contribution < 1.29 is 0 Å². The van der Waals surface area contributed by atoms with Crippen LogP contribution in [0.2, 0.25) is 0 Å². The molecule has 1 saturated heterocycles. The van der Waals surface area contributed by atoms with Crippen molar-refractivity contribution in [3.63, 3.8) is 0 Å². The van der Waals surface area contributed by atoms with Crippen molar-refractivity contribution in [3.8, 4) is 0 Å². The van der Waals surface area contributed by atoms with E-state index in [1.165, 1.54) is 30.8 Å². The lowest BCUT2D eigenvalue weighted by Gasteiger charge is -2.22. The van der Waals surface area contributed by atoms with Crippen molar-refractivity contribution in [2.75, 3.05) is 23.7 Å². The molecule has 2 nitrogen and oxygen atoms in total. The maximum absolute atomic E-state index is 5.96. The molecule has 0 aromatic heterocycles. The van der Waals surface area contributed by atoms with Crippen LogP contribution in [0.1, 0.15) is 25.8 Å². The summed E-state index contributed by atoms with van der Waals surface area (Å²) in [6, 6.07) is 6.23. The minimum atomic E-state index is 0.784. The van der Waals surface area contributed by atoms with E-state index in [1.54, 1.807) is 0 Å². The molecule has 2 heteroatoms. The number of benzene rings is 1. The number of anilines is 2. The lowest BCUT2D eigenvalue weighted by atomic mass is 9.95. The summed E-state index contributed by atoms with van der Waals surface area (Å²) >= 11 is 0.